The third-order valence-corrected chi connectivity index (χ3v) is 3.01. The lowest BCUT2D eigenvalue weighted by Gasteiger charge is -2.21. The zero-order valence-corrected chi connectivity index (χ0v) is 10.0. The highest BCUT2D eigenvalue weighted by atomic mass is 35.5. The molecule has 0 spiro atoms. The average molecular weight is 256 g/mol. The van der Waals surface area contributed by atoms with E-state index in [1.54, 1.807) is 4.90 Å². The lowest BCUT2D eigenvalue weighted by atomic mass is 10.2. The SMILES string of the molecule is Nc1ncc(C(=O)N(CCO)C2CC2)cc1Cl. The summed E-state index contributed by atoms with van der Waals surface area (Å²) in [5, 5.41) is 9.23. The number of hydrogen-bond acceptors (Lipinski definition) is 4. The highest BCUT2D eigenvalue weighted by Gasteiger charge is 2.32. The number of carbonyl (C=O) groups excluding carboxylic acids is 1. The number of rotatable bonds is 4. The molecule has 0 bridgehead atoms. The van der Waals surface area contributed by atoms with Crippen molar-refractivity contribution in [2.45, 2.75) is 18.9 Å². The van der Waals surface area contributed by atoms with E-state index < -0.39 is 0 Å². The van der Waals surface area contributed by atoms with Gasteiger partial charge in [0.15, 0.2) is 0 Å². The van der Waals surface area contributed by atoms with Gasteiger partial charge in [-0.15, -0.1) is 0 Å². The quantitative estimate of drug-likeness (QED) is 0.838. The number of nitrogen functional groups attached to an aromatic ring is 1. The highest BCUT2D eigenvalue weighted by molar-refractivity contribution is 6.33. The molecule has 0 aliphatic heterocycles. The Morgan fingerprint density at radius 3 is 2.88 bits per heavy atom. The Morgan fingerprint density at radius 2 is 2.35 bits per heavy atom. The summed E-state index contributed by atoms with van der Waals surface area (Å²) in [4.78, 5) is 17.7. The predicted octanol–water partition coefficient (Wildman–Crippen LogP) is 0.914. The van der Waals surface area contributed by atoms with Gasteiger partial charge in [0.2, 0.25) is 0 Å². The van der Waals surface area contributed by atoms with E-state index in [1.807, 2.05) is 0 Å². The summed E-state index contributed by atoms with van der Waals surface area (Å²) in [6.07, 6.45) is 3.39. The molecule has 1 aliphatic carbocycles. The fraction of sp³-hybridized carbons (Fsp3) is 0.455. The zero-order chi connectivity index (χ0) is 12.4. The number of pyridine rings is 1. The first-order valence-electron chi connectivity index (χ1n) is 5.46. The van der Waals surface area contributed by atoms with E-state index in [1.165, 1.54) is 12.3 Å². The molecule has 0 atom stereocenters. The summed E-state index contributed by atoms with van der Waals surface area (Å²) in [5.74, 6) is 0.0549. The van der Waals surface area contributed by atoms with Crippen LogP contribution in [0.15, 0.2) is 12.3 Å². The van der Waals surface area contributed by atoms with Crippen LogP contribution in [0.1, 0.15) is 23.2 Å². The lowest BCUT2D eigenvalue weighted by molar-refractivity contribution is 0.0707. The van der Waals surface area contributed by atoms with Crippen molar-refractivity contribution in [2.75, 3.05) is 18.9 Å². The molecule has 1 heterocycles. The van der Waals surface area contributed by atoms with Crippen molar-refractivity contribution in [3.63, 3.8) is 0 Å². The van der Waals surface area contributed by atoms with Crippen LogP contribution in [0.5, 0.6) is 0 Å². The maximum absolute atomic E-state index is 12.2. The molecule has 0 unspecified atom stereocenters. The molecule has 17 heavy (non-hydrogen) atoms. The number of amides is 1. The van der Waals surface area contributed by atoms with Crippen molar-refractivity contribution < 1.29 is 9.90 Å². The van der Waals surface area contributed by atoms with Gasteiger partial charge >= 0.3 is 0 Å². The minimum Gasteiger partial charge on any atom is -0.395 e. The van der Waals surface area contributed by atoms with Crippen molar-refractivity contribution in [2.24, 2.45) is 0 Å². The molecule has 1 saturated carbocycles. The molecule has 0 aromatic carbocycles. The molecular weight excluding hydrogens is 242 g/mol. The fourth-order valence-corrected chi connectivity index (χ4v) is 1.84. The van der Waals surface area contributed by atoms with Gasteiger partial charge in [-0.1, -0.05) is 11.6 Å². The number of hydrogen-bond donors (Lipinski definition) is 2. The zero-order valence-electron chi connectivity index (χ0n) is 9.27. The van der Waals surface area contributed by atoms with Crippen LogP contribution in [0.2, 0.25) is 5.02 Å². The van der Waals surface area contributed by atoms with Crippen LogP contribution in [0.4, 0.5) is 5.82 Å². The van der Waals surface area contributed by atoms with Crippen LogP contribution in [0.25, 0.3) is 0 Å². The van der Waals surface area contributed by atoms with E-state index in [9.17, 15) is 4.79 Å². The molecule has 0 radical (unpaired) electrons. The van der Waals surface area contributed by atoms with Crippen molar-refractivity contribution in [1.82, 2.24) is 9.88 Å². The number of aliphatic hydroxyl groups is 1. The molecular formula is C11H14ClN3O2. The van der Waals surface area contributed by atoms with E-state index in [-0.39, 0.29) is 29.4 Å². The van der Waals surface area contributed by atoms with Crippen LogP contribution in [0.3, 0.4) is 0 Å². The van der Waals surface area contributed by atoms with Gasteiger partial charge in [0.1, 0.15) is 5.82 Å². The molecule has 2 rings (SSSR count). The van der Waals surface area contributed by atoms with Crippen LogP contribution < -0.4 is 5.73 Å². The first-order chi connectivity index (χ1) is 8.13. The van der Waals surface area contributed by atoms with Gasteiger partial charge in [0.25, 0.3) is 5.91 Å². The average Bonchev–Trinajstić information content (AvgIpc) is 3.13. The van der Waals surface area contributed by atoms with Crippen molar-refractivity contribution in [3.05, 3.63) is 22.8 Å². The lowest BCUT2D eigenvalue weighted by Crippen LogP contribution is -2.35. The van der Waals surface area contributed by atoms with Gasteiger partial charge in [-0.3, -0.25) is 4.79 Å². The van der Waals surface area contributed by atoms with Crippen molar-refractivity contribution >= 4 is 23.3 Å². The number of nitrogens with zero attached hydrogens (tertiary/aromatic N) is 2. The number of halogens is 1. The maximum Gasteiger partial charge on any atom is 0.255 e. The summed E-state index contributed by atoms with van der Waals surface area (Å²) in [6.45, 7) is 0.296. The Hall–Kier alpha value is -1.33. The summed E-state index contributed by atoms with van der Waals surface area (Å²) in [7, 11) is 0. The van der Waals surface area contributed by atoms with E-state index in [2.05, 4.69) is 4.98 Å². The second-order valence-corrected chi connectivity index (χ2v) is 4.45. The van der Waals surface area contributed by atoms with Gasteiger partial charge in [0.05, 0.1) is 17.2 Å². The van der Waals surface area contributed by atoms with E-state index in [0.29, 0.717) is 12.1 Å². The van der Waals surface area contributed by atoms with Crippen LogP contribution in [-0.2, 0) is 0 Å². The summed E-state index contributed by atoms with van der Waals surface area (Å²) in [6, 6.07) is 1.75. The smallest absolute Gasteiger partial charge is 0.255 e. The third-order valence-electron chi connectivity index (χ3n) is 2.71. The van der Waals surface area contributed by atoms with Gasteiger partial charge < -0.3 is 15.7 Å². The number of anilines is 1. The molecule has 92 valence electrons. The monoisotopic (exact) mass is 255 g/mol. The number of aromatic nitrogens is 1. The highest BCUT2D eigenvalue weighted by Crippen LogP contribution is 2.28. The second kappa shape index (κ2) is 4.89. The van der Waals surface area contributed by atoms with Gasteiger partial charge in [0, 0.05) is 18.8 Å². The molecule has 1 aromatic heterocycles. The van der Waals surface area contributed by atoms with Crippen molar-refractivity contribution in [3.8, 4) is 0 Å². The molecule has 0 saturated heterocycles. The molecule has 1 amide bonds. The topological polar surface area (TPSA) is 79.5 Å². The summed E-state index contributed by atoms with van der Waals surface area (Å²) in [5.41, 5.74) is 5.89. The van der Waals surface area contributed by atoms with Gasteiger partial charge in [-0.2, -0.15) is 0 Å². The maximum atomic E-state index is 12.2. The number of aliphatic hydroxyl groups excluding tert-OH is 1. The molecule has 3 N–H and O–H groups in total. The summed E-state index contributed by atoms with van der Waals surface area (Å²) >= 11 is 5.83. The Balaban J connectivity index is 2.19. The van der Waals surface area contributed by atoms with Crippen LogP contribution in [0, 0.1) is 0 Å². The third kappa shape index (κ3) is 2.68. The molecule has 1 aromatic rings. The molecule has 6 heteroatoms. The molecule has 5 nitrogen and oxygen atoms in total. The van der Waals surface area contributed by atoms with Gasteiger partial charge in [-0.25, -0.2) is 4.98 Å². The first-order valence-corrected chi connectivity index (χ1v) is 5.84. The largest absolute Gasteiger partial charge is 0.395 e. The number of carbonyl (C=O) groups is 1. The predicted molar refractivity (Wildman–Crippen MR) is 64.8 cm³/mol. The Labute approximate surface area is 104 Å². The van der Waals surface area contributed by atoms with Crippen LogP contribution >= 0.6 is 11.6 Å². The minimum atomic E-state index is -0.157. The van der Waals surface area contributed by atoms with Crippen LogP contribution in [-0.4, -0.2) is 40.1 Å². The molecule has 1 fully saturated rings. The summed E-state index contributed by atoms with van der Waals surface area (Å²) < 4.78 is 0. The number of nitrogens with two attached hydrogens (primary N) is 1. The van der Waals surface area contributed by atoms with Crippen molar-refractivity contribution in [1.29, 1.82) is 0 Å². The minimum absolute atomic E-state index is 0.0433. The Morgan fingerprint density at radius 1 is 1.65 bits per heavy atom. The Bertz CT molecular complexity index is 435. The Kier molecular flexibility index (Phi) is 3.49. The van der Waals surface area contributed by atoms with E-state index >= 15 is 0 Å². The van der Waals surface area contributed by atoms with E-state index in [4.69, 9.17) is 22.4 Å². The molecule has 1 aliphatic rings. The van der Waals surface area contributed by atoms with E-state index in [0.717, 1.165) is 12.8 Å². The standard InChI is InChI=1S/C11H14ClN3O2/c12-9-5-7(6-14-10(9)13)11(17)15(3-4-16)8-1-2-8/h5-6,8,16H,1-4H2,(H2,13,14). The fourth-order valence-electron chi connectivity index (χ4n) is 1.68. The first kappa shape index (κ1) is 12.1. The van der Waals surface area contributed by atoms with Gasteiger partial charge in [-0.05, 0) is 18.9 Å². The normalized spacial score (nSPS) is 14.7. The second-order valence-electron chi connectivity index (χ2n) is 4.04.